The minimum absolute atomic E-state index is 0.156. The van der Waals surface area contributed by atoms with E-state index in [1.165, 1.54) is 57.8 Å². The lowest BCUT2D eigenvalue weighted by Crippen LogP contribution is -1.99. The second-order valence-corrected chi connectivity index (χ2v) is 10.5. The predicted molar refractivity (Wildman–Crippen MR) is 116 cm³/mol. The molecule has 1 rings (SSSR count). The monoisotopic (exact) mass is 544 g/mol. The van der Waals surface area contributed by atoms with Crippen LogP contribution in [0.2, 0.25) is 0 Å². The molecule has 0 bridgehead atoms. The van der Waals surface area contributed by atoms with Gasteiger partial charge in [0, 0.05) is 0 Å². The molecular formula is C19H30I2O2. The number of benzene rings is 1. The minimum atomic E-state index is 0.156. The number of halogens is 2. The van der Waals surface area contributed by atoms with E-state index in [4.69, 9.17) is 9.47 Å². The summed E-state index contributed by atoms with van der Waals surface area (Å²) in [6, 6.07) is 7.92. The fourth-order valence-corrected chi connectivity index (χ4v) is 3.08. The van der Waals surface area contributed by atoms with Crippen LogP contribution in [-0.4, -0.2) is 8.72 Å². The summed E-state index contributed by atoms with van der Waals surface area (Å²) in [4.78, 5) is 0. The largest absolute Gasteiger partial charge is 0.494 e. The molecule has 0 spiro atoms. The Kier molecular flexibility index (Phi) is 13.5. The second kappa shape index (κ2) is 14.6. The first-order valence-electron chi connectivity index (χ1n) is 8.90. The Bertz CT molecular complexity index is 379. The molecule has 0 radical (unpaired) electrons. The lowest BCUT2D eigenvalue weighted by atomic mass is 10.1. The molecule has 0 saturated heterocycles. The number of alkyl halides is 2. The molecule has 0 aliphatic carbocycles. The van der Waals surface area contributed by atoms with Crippen LogP contribution in [0.5, 0.6) is 11.5 Å². The average Bonchev–Trinajstić information content (AvgIpc) is 2.53. The Morgan fingerprint density at radius 1 is 0.739 bits per heavy atom. The summed E-state index contributed by atoms with van der Waals surface area (Å²) in [6.07, 6.45) is 13.6. The standard InChI is InChI=1S/C19H30I2O2/c1-2-3-4-5-6-7-8-9-10-11-16-22-17-12-14-18(15-13-17)23-19(20)21/h12-15,19H,2-11,16H2,1H3. The SMILES string of the molecule is CCCCCCCCCCCCOc1ccc(OC(I)I)cc1. The zero-order chi connectivity index (χ0) is 16.8. The summed E-state index contributed by atoms with van der Waals surface area (Å²) in [5.74, 6) is 1.83. The van der Waals surface area contributed by atoms with Crippen LogP contribution >= 0.6 is 45.2 Å². The third-order valence-corrected chi connectivity index (χ3v) is 4.32. The molecule has 1 aromatic carbocycles. The van der Waals surface area contributed by atoms with Gasteiger partial charge in [-0.2, -0.15) is 0 Å². The van der Waals surface area contributed by atoms with Gasteiger partial charge >= 0.3 is 0 Å². The Hall–Kier alpha value is 0.280. The van der Waals surface area contributed by atoms with E-state index in [2.05, 4.69) is 52.1 Å². The molecule has 0 heterocycles. The maximum Gasteiger partial charge on any atom is 0.199 e. The van der Waals surface area contributed by atoms with Crippen LogP contribution < -0.4 is 9.47 Å². The van der Waals surface area contributed by atoms with Gasteiger partial charge < -0.3 is 9.47 Å². The van der Waals surface area contributed by atoms with Crippen molar-refractivity contribution in [1.82, 2.24) is 0 Å². The van der Waals surface area contributed by atoms with Gasteiger partial charge in [-0.1, -0.05) is 64.7 Å². The van der Waals surface area contributed by atoms with Gasteiger partial charge in [-0.15, -0.1) is 0 Å². The Labute approximate surface area is 169 Å². The summed E-state index contributed by atoms with van der Waals surface area (Å²) in [7, 11) is 0. The second-order valence-electron chi connectivity index (χ2n) is 5.88. The van der Waals surface area contributed by atoms with Gasteiger partial charge in [0.15, 0.2) is 2.12 Å². The van der Waals surface area contributed by atoms with Crippen LogP contribution in [0, 0.1) is 0 Å². The molecule has 0 atom stereocenters. The van der Waals surface area contributed by atoms with Gasteiger partial charge in [0.25, 0.3) is 0 Å². The molecular weight excluding hydrogens is 514 g/mol. The molecule has 0 fully saturated rings. The minimum Gasteiger partial charge on any atom is -0.494 e. The number of unbranched alkanes of at least 4 members (excludes halogenated alkanes) is 9. The summed E-state index contributed by atoms with van der Waals surface area (Å²) in [5, 5.41) is 0. The Balaban J connectivity index is 1.94. The van der Waals surface area contributed by atoms with Crippen molar-refractivity contribution in [2.24, 2.45) is 0 Å². The zero-order valence-corrected chi connectivity index (χ0v) is 18.6. The smallest absolute Gasteiger partial charge is 0.199 e. The first-order chi connectivity index (χ1) is 11.2. The van der Waals surface area contributed by atoms with Crippen molar-refractivity contribution >= 4 is 45.2 Å². The van der Waals surface area contributed by atoms with Crippen LogP contribution in [0.25, 0.3) is 0 Å². The number of hydrogen-bond donors (Lipinski definition) is 0. The lowest BCUT2D eigenvalue weighted by molar-refractivity contribution is 0.303. The van der Waals surface area contributed by atoms with E-state index in [1.54, 1.807) is 0 Å². The molecule has 23 heavy (non-hydrogen) atoms. The average molecular weight is 544 g/mol. The molecule has 0 unspecified atom stereocenters. The van der Waals surface area contributed by atoms with Crippen molar-refractivity contribution < 1.29 is 9.47 Å². The molecule has 4 heteroatoms. The molecule has 0 aromatic heterocycles. The van der Waals surface area contributed by atoms with Crippen molar-refractivity contribution in [2.45, 2.75) is 73.2 Å². The van der Waals surface area contributed by atoms with Crippen molar-refractivity contribution in [2.75, 3.05) is 6.61 Å². The van der Waals surface area contributed by atoms with Crippen LogP contribution in [0.1, 0.15) is 71.1 Å². The number of ether oxygens (including phenoxy) is 2. The van der Waals surface area contributed by atoms with Crippen LogP contribution in [0.4, 0.5) is 0 Å². The summed E-state index contributed by atoms with van der Waals surface area (Å²) >= 11 is 4.47. The third kappa shape index (κ3) is 12.3. The van der Waals surface area contributed by atoms with Gasteiger partial charge in [0.1, 0.15) is 11.5 Å². The van der Waals surface area contributed by atoms with Crippen molar-refractivity contribution in [3.63, 3.8) is 0 Å². The first-order valence-corrected chi connectivity index (χ1v) is 11.4. The molecule has 0 amide bonds. The van der Waals surface area contributed by atoms with Gasteiger partial charge in [0.05, 0.1) is 6.61 Å². The van der Waals surface area contributed by atoms with E-state index in [1.807, 2.05) is 24.3 Å². The predicted octanol–water partition coefficient (Wildman–Crippen LogP) is 7.52. The molecule has 2 nitrogen and oxygen atoms in total. The van der Waals surface area contributed by atoms with Crippen molar-refractivity contribution in [1.29, 1.82) is 0 Å². The fourth-order valence-electron chi connectivity index (χ4n) is 2.50. The highest BCUT2D eigenvalue weighted by atomic mass is 127. The highest BCUT2D eigenvalue weighted by Crippen LogP contribution is 2.22. The zero-order valence-electron chi connectivity index (χ0n) is 14.2. The van der Waals surface area contributed by atoms with Crippen molar-refractivity contribution in [3.05, 3.63) is 24.3 Å². The summed E-state index contributed by atoms with van der Waals surface area (Å²) in [5.41, 5.74) is 0. The summed E-state index contributed by atoms with van der Waals surface area (Å²) in [6.45, 7) is 3.09. The molecule has 0 N–H and O–H groups in total. The topological polar surface area (TPSA) is 18.5 Å². The van der Waals surface area contributed by atoms with E-state index in [0.29, 0.717) is 0 Å². The van der Waals surface area contributed by atoms with Crippen molar-refractivity contribution in [3.8, 4) is 11.5 Å². The molecule has 132 valence electrons. The van der Waals surface area contributed by atoms with Crippen LogP contribution in [0.15, 0.2) is 24.3 Å². The molecule has 0 aliphatic rings. The molecule has 0 saturated carbocycles. The highest BCUT2D eigenvalue weighted by Gasteiger charge is 2.00. The van der Waals surface area contributed by atoms with Gasteiger partial charge in [-0.25, -0.2) is 0 Å². The van der Waals surface area contributed by atoms with E-state index in [0.717, 1.165) is 24.5 Å². The Morgan fingerprint density at radius 2 is 1.22 bits per heavy atom. The normalized spacial score (nSPS) is 11.0. The number of rotatable bonds is 14. The maximum absolute atomic E-state index is 5.78. The third-order valence-electron chi connectivity index (χ3n) is 3.82. The van der Waals surface area contributed by atoms with E-state index in [9.17, 15) is 0 Å². The Morgan fingerprint density at radius 3 is 1.74 bits per heavy atom. The fraction of sp³-hybridized carbons (Fsp3) is 0.684. The van der Waals surface area contributed by atoms with E-state index < -0.39 is 0 Å². The van der Waals surface area contributed by atoms with Crippen LogP contribution in [0.3, 0.4) is 0 Å². The first kappa shape index (κ1) is 21.3. The van der Waals surface area contributed by atoms with Gasteiger partial charge in [0.2, 0.25) is 0 Å². The van der Waals surface area contributed by atoms with Crippen LogP contribution in [-0.2, 0) is 0 Å². The quantitative estimate of drug-likeness (QED) is 0.137. The summed E-state index contributed by atoms with van der Waals surface area (Å²) < 4.78 is 11.5. The lowest BCUT2D eigenvalue weighted by Gasteiger charge is -2.09. The van der Waals surface area contributed by atoms with E-state index >= 15 is 0 Å². The van der Waals surface area contributed by atoms with Gasteiger partial charge in [-0.05, 0) is 75.9 Å². The number of hydrogen-bond acceptors (Lipinski definition) is 2. The maximum atomic E-state index is 5.78. The van der Waals surface area contributed by atoms with E-state index in [-0.39, 0.29) is 2.12 Å². The molecule has 1 aromatic rings. The highest BCUT2D eigenvalue weighted by molar-refractivity contribution is 14.2. The molecule has 0 aliphatic heterocycles. The van der Waals surface area contributed by atoms with Gasteiger partial charge in [-0.3, -0.25) is 0 Å².